The number of piperidine rings is 1. The van der Waals surface area contributed by atoms with Gasteiger partial charge in [0, 0.05) is 13.1 Å². The van der Waals surface area contributed by atoms with E-state index in [2.05, 4.69) is 54.6 Å². The third kappa shape index (κ3) is 2.99. The van der Waals surface area contributed by atoms with Crippen LogP contribution in [0.3, 0.4) is 0 Å². The molecule has 0 amide bonds. The van der Waals surface area contributed by atoms with Gasteiger partial charge in [0.1, 0.15) is 0 Å². The summed E-state index contributed by atoms with van der Waals surface area (Å²) in [6.45, 7) is 1.99. The second-order valence-electron chi connectivity index (χ2n) is 5.17. The van der Waals surface area contributed by atoms with Crippen LogP contribution in [0.25, 0.3) is 11.1 Å². The second-order valence-corrected chi connectivity index (χ2v) is 5.65. The van der Waals surface area contributed by atoms with Gasteiger partial charge in [-0.1, -0.05) is 54.6 Å². The van der Waals surface area contributed by atoms with Gasteiger partial charge in [0.05, 0.1) is 0 Å². The first-order valence-corrected chi connectivity index (χ1v) is 7.23. The van der Waals surface area contributed by atoms with E-state index in [0.717, 1.165) is 25.9 Å². The Kier molecular flexibility index (Phi) is 3.86. The molecule has 19 heavy (non-hydrogen) atoms. The molecule has 0 bridgehead atoms. The van der Waals surface area contributed by atoms with Gasteiger partial charge in [-0.2, -0.15) is 0 Å². The standard InChI is InChI=1S/C17H18ClN/c18-19-12-10-17(11-13-19)16-8-6-15(7-9-16)14-4-2-1-3-5-14/h1-9,17H,10-13H2. The minimum absolute atomic E-state index is 0.667. The molecular formula is C17H18ClN. The van der Waals surface area contributed by atoms with E-state index in [4.69, 9.17) is 11.8 Å². The summed E-state index contributed by atoms with van der Waals surface area (Å²) in [6, 6.07) is 19.5. The van der Waals surface area contributed by atoms with Crippen molar-refractivity contribution in [2.75, 3.05) is 13.1 Å². The molecule has 98 valence electrons. The van der Waals surface area contributed by atoms with Gasteiger partial charge in [-0.25, -0.2) is 4.42 Å². The van der Waals surface area contributed by atoms with E-state index in [9.17, 15) is 0 Å². The second kappa shape index (κ2) is 5.77. The van der Waals surface area contributed by atoms with Crippen molar-refractivity contribution in [1.82, 2.24) is 4.42 Å². The molecule has 1 aliphatic rings. The minimum Gasteiger partial charge on any atom is -0.220 e. The normalized spacial score (nSPS) is 17.5. The van der Waals surface area contributed by atoms with Gasteiger partial charge in [0.25, 0.3) is 0 Å². The van der Waals surface area contributed by atoms with Gasteiger partial charge in [0.15, 0.2) is 0 Å². The lowest BCUT2D eigenvalue weighted by Crippen LogP contribution is -2.25. The van der Waals surface area contributed by atoms with Gasteiger partial charge >= 0.3 is 0 Å². The van der Waals surface area contributed by atoms with Crippen molar-refractivity contribution in [2.45, 2.75) is 18.8 Å². The fourth-order valence-corrected chi connectivity index (χ4v) is 2.95. The van der Waals surface area contributed by atoms with Gasteiger partial charge in [0.2, 0.25) is 0 Å². The number of hydrogen-bond acceptors (Lipinski definition) is 1. The first-order valence-electron chi connectivity index (χ1n) is 6.89. The Hall–Kier alpha value is -1.31. The maximum atomic E-state index is 6.01. The zero-order valence-electron chi connectivity index (χ0n) is 10.9. The molecule has 0 unspecified atom stereocenters. The van der Waals surface area contributed by atoms with Gasteiger partial charge in [-0.3, -0.25) is 0 Å². The molecule has 2 aromatic carbocycles. The molecule has 0 radical (unpaired) electrons. The fraction of sp³-hybridized carbons (Fsp3) is 0.294. The zero-order chi connectivity index (χ0) is 13.1. The summed E-state index contributed by atoms with van der Waals surface area (Å²) in [5, 5.41) is 0. The Bertz CT molecular complexity index is 513. The minimum atomic E-state index is 0.667. The van der Waals surface area contributed by atoms with Crippen molar-refractivity contribution in [3.05, 3.63) is 60.2 Å². The predicted molar refractivity (Wildman–Crippen MR) is 81.3 cm³/mol. The lowest BCUT2D eigenvalue weighted by atomic mass is 9.89. The van der Waals surface area contributed by atoms with Gasteiger partial charge in [-0.15, -0.1) is 0 Å². The highest BCUT2D eigenvalue weighted by atomic mass is 35.5. The van der Waals surface area contributed by atoms with Crippen LogP contribution >= 0.6 is 11.8 Å². The Morgan fingerprint density at radius 2 is 1.37 bits per heavy atom. The van der Waals surface area contributed by atoms with Crippen molar-refractivity contribution in [3.63, 3.8) is 0 Å². The molecule has 2 aromatic rings. The Morgan fingerprint density at radius 3 is 2.00 bits per heavy atom. The lowest BCUT2D eigenvalue weighted by Gasteiger charge is -2.27. The van der Waals surface area contributed by atoms with E-state index in [0.29, 0.717) is 5.92 Å². The molecule has 1 aliphatic heterocycles. The van der Waals surface area contributed by atoms with Crippen LogP contribution in [0, 0.1) is 0 Å². The van der Waals surface area contributed by atoms with Crippen LogP contribution in [-0.4, -0.2) is 17.5 Å². The average molecular weight is 272 g/mol. The van der Waals surface area contributed by atoms with E-state index in [-0.39, 0.29) is 0 Å². The number of halogens is 1. The van der Waals surface area contributed by atoms with Crippen LogP contribution in [0.4, 0.5) is 0 Å². The fourth-order valence-electron chi connectivity index (χ4n) is 2.76. The smallest absolute Gasteiger partial charge is 0.0144 e. The number of nitrogens with zero attached hydrogens (tertiary/aromatic N) is 1. The highest BCUT2D eigenvalue weighted by molar-refractivity contribution is 6.13. The average Bonchev–Trinajstić information content (AvgIpc) is 2.49. The van der Waals surface area contributed by atoms with Crippen molar-refractivity contribution >= 4 is 11.8 Å². The summed E-state index contributed by atoms with van der Waals surface area (Å²) in [7, 11) is 0. The van der Waals surface area contributed by atoms with E-state index in [1.807, 2.05) is 4.42 Å². The highest BCUT2D eigenvalue weighted by Gasteiger charge is 2.19. The lowest BCUT2D eigenvalue weighted by molar-refractivity contribution is 0.336. The molecule has 0 spiro atoms. The molecule has 1 nitrogen and oxygen atoms in total. The van der Waals surface area contributed by atoms with Crippen LogP contribution < -0.4 is 0 Å². The Morgan fingerprint density at radius 1 is 0.789 bits per heavy atom. The van der Waals surface area contributed by atoms with Crippen LogP contribution in [0.1, 0.15) is 24.3 Å². The maximum Gasteiger partial charge on any atom is 0.0144 e. The van der Waals surface area contributed by atoms with Crippen LogP contribution in [0.2, 0.25) is 0 Å². The highest BCUT2D eigenvalue weighted by Crippen LogP contribution is 2.30. The van der Waals surface area contributed by atoms with Gasteiger partial charge < -0.3 is 0 Å². The number of benzene rings is 2. The SMILES string of the molecule is ClN1CCC(c2ccc(-c3ccccc3)cc2)CC1. The predicted octanol–water partition coefficient (Wildman–Crippen LogP) is 4.69. The van der Waals surface area contributed by atoms with Crippen molar-refractivity contribution in [2.24, 2.45) is 0 Å². The van der Waals surface area contributed by atoms with E-state index >= 15 is 0 Å². The molecular weight excluding hydrogens is 254 g/mol. The molecule has 1 saturated heterocycles. The molecule has 0 saturated carbocycles. The molecule has 0 aliphatic carbocycles. The maximum absolute atomic E-state index is 6.01. The van der Waals surface area contributed by atoms with Crippen LogP contribution in [-0.2, 0) is 0 Å². The monoisotopic (exact) mass is 271 g/mol. The molecule has 0 N–H and O–H groups in total. The van der Waals surface area contributed by atoms with Crippen molar-refractivity contribution in [3.8, 4) is 11.1 Å². The topological polar surface area (TPSA) is 3.24 Å². The first-order chi connectivity index (χ1) is 9.33. The largest absolute Gasteiger partial charge is 0.220 e. The third-order valence-corrected chi connectivity index (χ3v) is 4.27. The molecule has 1 fully saturated rings. The summed E-state index contributed by atoms with van der Waals surface area (Å²) in [4.78, 5) is 0. The van der Waals surface area contributed by atoms with Gasteiger partial charge in [-0.05, 0) is 47.2 Å². The molecule has 2 heteroatoms. The van der Waals surface area contributed by atoms with Crippen molar-refractivity contribution in [1.29, 1.82) is 0 Å². The molecule has 0 atom stereocenters. The van der Waals surface area contributed by atoms with E-state index < -0.39 is 0 Å². The Balaban J connectivity index is 1.76. The number of hydrogen-bond donors (Lipinski definition) is 0. The first kappa shape index (κ1) is 12.7. The van der Waals surface area contributed by atoms with E-state index in [1.165, 1.54) is 16.7 Å². The summed E-state index contributed by atoms with van der Waals surface area (Å²) >= 11 is 6.01. The molecule has 3 rings (SSSR count). The van der Waals surface area contributed by atoms with Crippen LogP contribution in [0.5, 0.6) is 0 Å². The van der Waals surface area contributed by atoms with E-state index in [1.54, 1.807) is 0 Å². The van der Waals surface area contributed by atoms with Crippen LogP contribution in [0.15, 0.2) is 54.6 Å². The summed E-state index contributed by atoms with van der Waals surface area (Å²) in [5.74, 6) is 0.667. The quantitative estimate of drug-likeness (QED) is 0.717. The summed E-state index contributed by atoms with van der Waals surface area (Å²) in [6.07, 6.45) is 2.32. The summed E-state index contributed by atoms with van der Waals surface area (Å²) in [5.41, 5.74) is 4.02. The third-order valence-electron chi connectivity index (χ3n) is 3.93. The molecule has 0 aromatic heterocycles. The molecule has 1 heterocycles. The Labute approximate surface area is 119 Å². The number of rotatable bonds is 2. The summed E-state index contributed by atoms with van der Waals surface area (Å²) < 4.78 is 1.90. The zero-order valence-corrected chi connectivity index (χ0v) is 11.7. The van der Waals surface area contributed by atoms with Crippen molar-refractivity contribution < 1.29 is 0 Å².